The minimum absolute atomic E-state index is 0.0526. The van der Waals surface area contributed by atoms with Crippen LogP contribution in [0.15, 0.2) is 6.33 Å². The lowest BCUT2D eigenvalue weighted by Gasteiger charge is -2.00. The lowest BCUT2D eigenvalue weighted by atomic mass is 10.3. The largest absolute Gasteiger partial charge is 0.366 e. The molecule has 0 aliphatic carbocycles. The van der Waals surface area contributed by atoms with Crippen molar-refractivity contribution in [2.45, 2.75) is 12.8 Å². The normalized spacial score (nSPS) is 10.4. The van der Waals surface area contributed by atoms with Crippen molar-refractivity contribution in [2.75, 3.05) is 12.3 Å². The van der Waals surface area contributed by atoms with Crippen molar-refractivity contribution >= 4 is 11.9 Å². The zero-order chi connectivity index (χ0) is 12.1. The predicted molar refractivity (Wildman–Crippen MR) is 57.8 cm³/mol. The fourth-order valence-electron chi connectivity index (χ4n) is 1.27. The van der Waals surface area contributed by atoms with E-state index in [9.17, 15) is 4.79 Å². The second kappa shape index (κ2) is 5.05. The number of aromatic nitrogens is 6. The fourth-order valence-corrected chi connectivity index (χ4v) is 1.27. The number of hydrogen-bond acceptors (Lipinski definition) is 6. The van der Waals surface area contributed by atoms with Gasteiger partial charge >= 0.3 is 0 Å². The first kappa shape index (κ1) is 11.0. The minimum Gasteiger partial charge on any atom is -0.366 e. The molecule has 1 amide bonds. The Hall–Kier alpha value is -2.45. The Morgan fingerprint density at radius 2 is 2.35 bits per heavy atom. The molecule has 2 aromatic rings. The van der Waals surface area contributed by atoms with Gasteiger partial charge in [0.15, 0.2) is 0 Å². The van der Waals surface area contributed by atoms with Crippen LogP contribution in [-0.2, 0) is 6.42 Å². The van der Waals surface area contributed by atoms with Gasteiger partial charge in [0, 0.05) is 13.0 Å². The van der Waals surface area contributed by atoms with E-state index >= 15 is 0 Å². The van der Waals surface area contributed by atoms with Crippen molar-refractivity contribution in [1.29, 1.82) is 0 Å². The monoisotopic (exact) mass is 236 g/mol. The van der Waals surface area contributed by atoms with Gasteiger partial charge in [0.2, 0.25) is 11.8 Å². The summed E-state index contributed by atoms with van der Waals surface area (Å²) in [6.45, 7) is 0.514. The third-order valence-electron chi connectivity index (χ3n) is 2.06. The van der Waals surface area contributed by atoms with Crippen molar-refractivity contribution < 1.29 is 4.79 Å². The summed E-state index contributed by atoms with van der Waals surface area (Å²) in [5.74, 6) is 0.633. The van der Waals surface area contributed by atoms with E-state index in [4.69, 9.17) is 5.73 Å². The Morgan fingerprint density at radius 3 is 3.00 bits per heavy atom. The summed E-state index contributed by atoms with van der Waals surface area (Å²) in [7, 11) is 0. The molecule has 0 aliphatic heterocycles. The van der Waals surface area contributed by atoms with E-state index in [1.165, 1.54) is 6.33 Å². The molecule has 0 aliphatic rings. The quantitative estimate of drug-likeness (QED) is 0.484. The molecule has 0 unspecified atom stereocenters. The third-order valence-corrected chi connectivity index (χ3v) is 2.06. The zero-order valence-corrected chi connectivity index (χ0v) is 8.97. The van der Waals surface area contributed by atoms with Gasteiger partial charge in [-0.1, -0.05) is 0 Å². The van der Waals surface area contributed by atoms with Crippen LogP contribution >= 0.6 is 0 Å². The van der Waals surface area contributed by atoms with Gasteiger partial charge in [-0.05, 0) is 6.42 Å². The summed E-state index contributed by atoms with van der Waals surface area (Å²) in [5, 5.41) is 15.1. The number of anilines is 1. The van der Waals surface area contributed by atoms with Crippen LogP contribution in [0.25, 0.3) is 0 Å². The highest BCUT2D eigenvalue weighted by molar-refractivity contribution is 5.90. The molecule has 90 valence electrons. The number of hydrogen-bond donors (Lipinski definition) is 4. The highest BCUT2D eigenvalue weighted by atomic mass is 16.2. The highest BCUT2D eigenvalue weighted by Crippen LogP contribution is 1.94. The van der Waals surface area contributed by atoms with E-state index < -0.39 is 0 Å². The van der Waals surface area contributed by atoms with Crippen LogP contribution in [0.5, 0.6) is 0 Å². The molecular weight excluding hydrogens is 224 g/mol. The molecule has 9 heteroatoms. The first-order valence-corrected chi connectivity index (χ1v) is 5.06. The lowest BCUT2D eigenvalue weighted by Crippen LogP contribution is -2.26. The van der Waals surface area contributed by atoms with Crippen molar-refractivity contribution in [2.24, 2.45) is 0 Å². The zero-order valence-electron chi connectivity index (χ0n) is 8.97. The molecule has 5 N–H and O–H groups in total. The molecule has 2 aromatic heterocycles. The molecule has 17 heavy (non-hydrogen) atoms. The predicted octanol–water partition coefficient (Wildman–Crippen LogP) is -1.13. The summed E-state index contributed by atoms with van der Waals surface area (Å²) < 4.78 is 0. The summed E-state index contributed by atoms with van der Waals surface area (Å²) in [4.78, 5) is 19.2. The number of carbonyl (C=O) groups excluding carboxylic acids is 1. The SMILES string of the molecule is Nc1n[nH]c(C(=O)NCCCc2ncn[nH]2)n1. The molecule has 0 saturated heterocycles. The summed E-state index contributed by atoms with van der Waals surface area (Å²) in [6, 6.07) is 0. The van der Waals surface area contributed by atoms with Crippen LogP contribution in [0, 0.1) is 0 Å². The molecule has 0 aromatic carbocycles. The summed E-state index contributed by atoms with van der Waals surface area (Å²) in [6.07, 6.45) is 2.93. The van der Waals surface area contributed by atoms with Crippen molar-refractivity contribution in [3.05, 3.63) is 18.0 Å². The number of H-pyrrole nitrogens is 2. The van der Waals surface area contributed by atoms with Crippen molar-refractivity contribution in [3.8, 4) is 0 Å². The number of nitrogen functional groups attached to an aromatic ring is 1. The standard InChI is InChI=1S/C8H12N8O/c9-8-13-6(15-16-8)7(17)10-3-1-2-5-11-4-12-14-5/h4H,1-3H2,(H,10,17)(H,11,12,14)(H3,9,13,15,16). The molecule has 0 bridgehead atoms. The van der Waals surface area contributed by atoms with Gasteiger partial charge in [-0.3, -0.25) is 15.0 Å². The van der Waals surface area contributed by atoms with Gasteiger partial charge in [0.25, 0.3) is 5.91 Å². The van der Waals surface area contributed by atoms with Gasteiger partial charge in [0.05, 0.1) is 0 Å². The maximum atomic E-state index is 11.5. The van der Waals surface area contributed by atoms with Gasteiger partial charge in [-0.2, -0.15) is 10.1 Å². The minimum atomic E-state index is -0.327. The Kier molecular flexibility index (Phi) is 3.28. The average Bonchev–Trinajstić information content (AvgIpc) is 2.95. The number of rotatable bonds is 5. The van der Waals surface area contributed by atoms with Crippen LogP contribution in [0.3, 0.4) is 0 Å². The lowest BCUT2D eigenvalue weighted by molar-refractivity contribution is 0.0943. The van der Waals surface area contributed by atoms with E-state index in [1.807, 2.05) is 0 Å². The maximum absolute atomic E-state index is 11.5. The first-order valence-electron chi connectivity index (χ1n) is 5.06. The van der Waals surface area contributed by atoms with E-state index in [0.717, 1.165) is 18.7 Å². The molecule has 2 rings (SSSR count). The topological polar surface area (TPSA) is 138 Å². The second-order valence-corrected chi connectivity index (χ2v) is 3.33. The Balaban J connectivity index is 1.70. The molecule has 0 atom stereocenters. The number of nitrogens with zero attached hydrogens (tertiary/aromatic N) is 4. The molecule has 0 fully saturated rings. The molecule has 9 nitrogen and oxygen atoms in total. The maximum Gasteiger partial charge on any atom is 0.288 e. The Labute approximate surface area is 96.2 Å². The van der Waals surface area contributed by atoms with E-state index in [-0.39, 0.29) is 17.7 Å². The van der Waals surface area contributed by atoms with E-state index in [1.54, 1.807) is 0 Å². The van der Waals surface area contributed by atoms with Crippen LogP contribution in [0.4, 0.5) is 5.95 Å². The molecule has 2 heterocycles. The molecular formula is C8H12N8O. The summed E-state index contributed by atoms with van der Waals surface area (Å²) in [5.41, 5.74) is 5.28. The van der Waals surface area contributed by atoms with Gasteiger partial charge in [-0.25, -0.2) is 4.98 Å². The van der Waals surface area contributed by atoms with Crippen LogP contribution in [0.2, 0.25) is 0 Å². The Morgan fingerprint density at radius 1 is 1.47 bits per heavy atom. The van der Waals surface area contributed by atoms with Crippen LogP contribution in [-0.4, -0.2) is 42.8 Å². The number of aryl methyl sites for hydroxylation is 1. The van der Waals surface area contributed by atoms with Crippen LogP contribution < -0.4 is 11.1 Å². The third kappa shape index (κ3) is 3.00. The number of amides is 1. The smallest absolute Gasteiger partial charge is 0.288 e. The summed E-state index contributed by atoms with van der Waals surface area (Å²) >= 11 is 0. The van der Waals surface area contributed by atoms with Gasteiger partial charge in [0.1, 0.15) is 12.2 Å². The number of nitrogens with two attached hydrogens (primary N) is 1. The number of carbonyl (C=O) groups is 1. The number of nitrogens with one attached hydrogen (secondary N) is 3. The molecule has 0 radical (unpaired) electrons. The molecule has 0 saturated carbocycles. The number of aromatic amines is 2. The average molecular weight is 236 g/mol. The fraction of sp³-hybridized carbons (Fsp3) is 0.375. The highest BCUT2D eigenvalue weighted by Gasteiger charge is 2.09. The molecule has 0 spiro atoms. The van der Waals surface area contributed by atoms with E-state index in [2.05, 4.69) is 35.7 Å². The first-order chi connectivity index (χ1) is 8.25. The van der Waals surface area contributed by atoms with Crippen molar-refractivity contribution in [1.82, 2.24) is 35.7 Å². The van der Waals surface area contributed by atoms with Crippen molar-refractivity contribution in [3.63, 3.8) is 0 Å². The van der Waals surface area contributed by atoms with Crippen LogP contribution in [0.1, 0.15) is 22.9 Å². The van der Waals surface area contributed by atoms with Gasteiger partial charge in [-0.15, -0.1) is 5.10 Å². The van der Waals surface area contributed by atoms with E-state index in [0.29, 0.717) is 6.54 Å². The second-order valence-electron chi connectivity index (χ2n) is 3.33. The van der Waals surface area contributed by atoms with Gasteiger partial charge < -0.3 is 11.1 Å². The Bertz CT molecular complexity index is 475.